The number of hydrogen-bond donors (Lipinski definition) is 0. The fraction of sp³-hybridized carbons (Fsp3) is 0.150. The minimum atomic E-state index is 0.378. The molecule has 5 aromatic carbocycles. The van der Waals surface area contributed by atoms with Crippen molar-refractivity contribution in [3.8, 4) is 28.3 Å². The summed E-state index contributed by atoms with van der Waals surface area (Å²) < 4.78 is 2.40. The predicted octanol–water partition coefficient (Wildman–Crippen LogP) is 11.3. The first kappa shape index (κ1) is 28.1. The molecule has 0 saturated heterocycles. The van der Waals surface area contributed by atoms with Crippen LogP contribution >= 0.6 is 11.8 Å². The van der Waals surface area contributed by atoms with Gasteiger partial charge in [0, 0.05) is 32.5 Å². The van der Waals surface area contributed by atoms with Crippen LogP contribution in [-0.4, -0.2) is 14.5 Å². The summed E-state index contributed by atoms with van der Waals surface area (Å²) in [6.07, 6.45) is 1.90. The van der Waals surface area contributed by atoms with Crippen LogP contribution < -0.4 is 0 Å². The Balaban J connectivity index is 1.32. The van der Waals surface area contributed by atoms with Crippen molar-refractivity contribution in [1.82, 2.24) is 14.5 Å². The van der Waals surface area contributed by atoms with Crippen LogP contribution in [0.4, 0.5) is 0 Å². The molecule has 0 atom stereocenters. The number of para-hydroxylation sites is 3. The Morgan fingerprint density at radius 2 is 1.25 bits per heavy atom. The lowest BCUT2D eigenvalue weighted by Crippen LogP contribution is -2.08. The van der Waals surface area contributed by atoms with E-state index in [1.165, 1.54) is 37.4 Å². The van der Waals surface area contributed by atoms with Gasteiger partial charge in [-0.3, -0.25) is 9.55 Å². The molecule has 0 spiro atoms. The zero-order chi connectivity index (χ0) is 30.2. The average Bonchev–Trinajstić information content (AvgIpc) is 3.44. The molecular weight excluding hydrogens is 555 g/mol. The summed E-state index contributed by atoms with van der Waals surface area (Å²) in [5.74, 6) is 1.73. The van der Waals surface area contributed by atoms with E-state index in [1.807, 2.05) is 6.20 Å². The van der Waals surface area contributed by atoms with Gasteiger partial charge in [0.15, 0.2) is 0 Å². The van der Waals surface area contributed by atoms with Crippen LogP contribution in [0, 0.1) is 0 Å². The quantitative estimate of drug-likeness (QED) is 0.185. The van der Waals surface area contributed by atoms with Crippen molar-refractivity contribution in [2.24, 2.45) is 0 Å². The lowest BCUT2D eigenvalue weighted by molar-refractivity contribution is 0.811. The minimum Gasteiger partial charge on any atom is -0.292 e. The van der Waals surface area contributed by atoms with Crippen LogP contribution in [0.3, 0.4) is 0 Å². The largest absolute Gasteiger partial charge is 0.292 e. The number of rotatable bonds is 7. The first-order chi connectivity index (χ1) is 21.5. The van der Waals surface area contributed by atoms with E-state index in [0.717, 1.165) is 33.7 Å². The number of fused-ring (bicyclic) bond motifs is 2. The molecule has 2 heterocycles. The van der Waals surface area contributed by atoms with Crippen molar-refractivity contribution >= 4 is 33.6 Å². The number of aromatic nitrogens is 3. The van der Waals surface area contributed by atoms with Gasteiger partial charge < -0.3 is 0 Å². The molecule has 0 amide bonds. The number of hydrogen-bond acceptors (Lipinski definition) is 3. The van der Waals surface area contributed by atoms with Crippen molar-refractivity contribution in [1.29, 1.82) is 0 Å². The zero-order valence-corrected chi connectivity index (χ0v) is 26.3. The Hall–Kier alpha value is -4.67. The summed E-state index contributed by atoms with van der Waals surface area (Å²) in [6.45, 7) is 9.11. The molecule has 0 bridgehead atoms. The molecule has 216 valence electrons. The molecule has 0 aliphatic carbocycles. The highest BCUT2D eigenvalue weighted by Crippen LogP contribution is 2.39. The van der Waals surface area contributed by atoms with Gasteiger partial charge in [-0.25, -0.2) is 4.98 Å². The summed E-state index contributed by atoms with van der Waals surface area (Å²) in [5.41, 5.74) is 9.31. The molecule has 0 aliphatic rings. The van der Waals surface area contributed by atoms with Crippen LogP contribution in [0.1, 0.15) is 50.7 Å². The Morgan fingerprint density at radius 3 is 2.00 bits per heavy atom. The maximum absolute atomic E-state index is 5.24. The van der Waals surface area contributed by atoms with E-state index in [0.29, 0.717) is 11.8 Å². The Labute approximate surface area is 263 Å². The van der Waals surface area contributed by atoms with Gasteiger partial charge in [-0.2, -0.15) is 0 Å². The first-order valence-corrected chi connectivity index (χ1v) is 16.1. The molecule has 2 aromatic heterocycles. The lowest BCUT2D eigenvalue weighted by Gasteiger charge is -2.22. The van der Waals surface area contributed by atoms with Crippen molar-refractivity contribution in [3.63, 3.8) is 0 Å². The molecule has 44 heavy (non-hydrogen) atoms. The SMILES string of the molecule is CC(C)c1cccc(C(C)C)c1-n1c(-c2cccc(Sc3cccc(-c4nccc5ccccc45)c3)c2)nc2ccccc21. The Bertz CT molecular complexity index is 2090. The van der Waals surface area contributed by atoms with Crippen LogP contribution in [-0.2, 0) is 0 Å². The highest BCUT2D eigenvalue weighted by molar-refractivity contribution is 7.99. The van der Waals surface area contributed by atoms with Crippen molar-refractivity contribution in [3.05, 3.63) is 139 Å². The summed E-state index contributed by atoms with van der Waals surface area (Å²) in [7, 11) is 0. The number of benzene rings is 5. The average molecular weight is 590 g/mol. The third-order valence-corrected chi connectivity index (χ3v) is 9.22. The molecule has 7 rings (SSSR count). The molecule has 0 unspecified atom stereocenters. The molecule has 0 radical (unpaired) electrons. The van der Waals surface area contributed by atoms with Gasteiger partial charge in [-0.05, 0) is 70.8 Å². The maximum atomic E-state index is 5.24. The molecule has 7 aromatic rings. The third-order valence-electron chi connectivity index (χ3n) is 8.24. The van der Waals surface area contributed by atoms with Gasteiger partial charge in [0.05, 0.1) is 22.4 Å². The number of nitrogens with zero attached hydrogens (tertiary/aromatic N) is 3. The van der Waals surface area contributed by atoms with Gasteiger partial charge >= 0.3 is 0 Å². The second-order valence-electron chi connectivity index (χ2n) is 11.9. The summed E-state index contributed by atoms with van der Waals surface area (Å²) in [4.78, 5) is 12.3. The molecule has 0 N–H and O–H groups in total. The summed E-state index contributed by atoms with van der Waals surface area (Å²) >= 11 is 1.77. The van der Waals surface area contributed by atoms with Crippen LogP contribution in [0.2, 0.25) is 0 Å². The summed E-state index contributed by atoms with van der Waals surface area (Å²) in [6, 6.07) is 43.2. The monoisotopic (exact) mass is 589 g/mol. The van der Waals surface area contributed by atoms with Crippen molar-refractivity contribution in [2.45, 2.75) is 49.3 Å². The van der Waals surface area contributed by atoms with E-state index in [1.54, 1.807) is 11.8 Å². The Kier molecular flexibility index (Phi) is 7.53. The first-order valence-electron chi connectivity index (χ1n) is 15.3. The lowest BCUT2D eigenvalue weighted by atomic mass is 9.92. The van der Waals surface area contributed by atoms with Crippen LogP contribution in [0.25, 0.3) is 50.1 Å². The standard InChI is InChI=1S/C40H35N3S/c1-26(2)33-18-11-19-34(27(3)4)39(33)43-37-21-8-7-20-36(37)42-40(43)30-14-10-16-32(25-30)44-31-15-9-13-29(24-31)38-35-17-6-5-12-28(35)22-23-41-38/h5-27H,1-4H3. The zero-order valence-electron chi connectivity index (χ0n) is 25.5. The third kappa shape index (κ3) is 5.20. The molecule has 0 saturated carbocycles. The second-order valence-corrected chi connectivity index (χ2v) is 13.0. The van der Waals surface area contributed by atoms with Crippen molar-refractivity contribution in [2.75, 3.05) is 0 Å². The van der Waals surface area contributed by atoms with Gasteiger partial charge in [-0.15, -0.1) is 0 Å². The fourth-order valence-electron chi connectivity index (χ4n) is 6.11. The second kappa shape index (κ2) is 11.8. The van der Waals surface area contributed by atoms with Crippen LogP contribution in [0.15, 0.2) is 137 Å². The van der Waals surface area contributed by atoms with Crippen LogP contribution in [0.5, 0.6) is 0 Å². The van der Waals surface area contributed by atoms with Gasteiger partial charge in [0.25, 0.3) is 0 Å². The normalized spacial score (nSPS) is 11.7. The predicted molar refractivity (Wildman–Crippen MR) is 186 cm³/mol. The highest BCUT2D eigenvalue weighted by atomic mass is 32.2. The molecule has 0 aliphatic heterocycles. The smallest absolute Gasteiger partial charge is 0.145 e. The fourth-order valence-corrected chi connectivity index (χ4v) is 7.04. The van der Waals surface area contributed by atoms with E-state index >= 15 is 0 Å². The number of imidazole rings is 1. The molecule has 0 fully saturated rings. The highest BCUT2D eigenvalue weighted by Gasteiger charge is 2.22. The maximum Gasteiger partial charge on any atom is 0.145 e. The van der Waals surface area contributed by atoms with Gasteiger partial charge in [0.2, 0.25) is 0 Å². The van der Waals surface area contributed by atoms with Gasteiger partial charge in [-0.1, -0.05) is 118 Å². The van der Waals surface area contributed by atoms with Gasteiger partial charge in [0.1, 0.15) is 5.82 Å². The van der Waals surface area contributed by atoms with E-state index in [4.69, 9.17) is 9.97 Å². The van der Waals surface area contributed by atoms with E-state index in [9.17, 15) is 0 Å². The molecule has 4 heteroatoms. The van der Waals surface area contributed by atoms with E-state index in [2.05, 4.69) is 154 Å². The minimum absolute atomic E-state index is 0.378. The molecule has 3 nitrogen and oxygen atoms in total. The van der Waals surface area contributed by atoms with E-state index in [-0.39, 0.29) is 0 Å². The van der Waals surface area contributed by atoms with Crippen molar-refractivity contribution < 1.29 is 0 Å². The molecular formula is C40H35N3S. The Morgan fingerprint density at radius 1 is 0.614 bits per heavy atom. The summed E-state index contributed by atoms with van der Waals surface area (Å²) in [5, 5.41) is 2.37. The number of pyridine rings is 1. The topological polar surface area (TPSA) is 30.7 Å². The van der Waals surface area contributed by atoms with E-state index < -0.39 is 0 Å².